The number of ether oxygens (including phenoxy) is 2. The highest BCUT2D eigenvalue weighted by Crippen LogP contribution is 2.41. The lowest BCUT2D eigenvalue weighted by atomic mass is 9.78. The molecule has 0 bridgehead atoms. The van der Waals surface area contributed by atoms with Gasteiger partial charge in [0.1, 0.15) is 12.0 Å². The van der Waals surface area contributed by atoms with Crippen molar-refractivity contribution in [3.8, 4) is 5.75 Å². The number of carbonyl (C=O) groups excluding carboxylic acids is 1. The van der Waals surface area contributed by atoms with Crippen LogP contribution >= 0.6 is 11.6 Å². The number of nitrogens with zero attached hydrogens (tertiary/aromatic N) is 2. The van der Waals surface area contributed by atoms with Crippen molar-refractivity contribution in [1.29, 1.82) is 0 Å². The first kappa shape index (κ1) is 24.1. The van der Waals surface area contributed by atoms with Crippen LogP contribution in [0.25, 0.3) is 0 Å². The molecule has 0 saturated carbocycles. The van der Waals surface area contributed by atoms with Crippen molar-refractivity contribution in [3.05, 3.63) is 75.1 Å². The van der Waals surface area contributed by atoms with Gasteiger partial charge in [0, 0.05) is 12.3 Å². The summed E-state index contributed by atoms with van der Waals surface area (Å²) in [5.41, 5.74) is -3.32. The Labute approximate surface area is 180 Å². The Kier molecular flexibility index (Phi) is 7.27. The Morgan fingerprint density at radius 1 is 1.32 bits per heavy atom. The van der Waals surface area contributed by atoms with Gasteiger partial charge in [-0.25, -0.2) is 0 Å². The minimum Gasteiger partial charge on any atom is -0.483 e. The van der Waals surface area contributed by atoms with Crippen molar-refractivity contribution in [2.45, 2.75) is 25.4 Å². The molecule has 7 nitrogen and oxygen atoms in total. The third-order valence-corrected chi connectivity index (χ3v) is 4.70. The van der Waals surface area contributed by atoms with E-state index in [4.69, 9.17) is 21.1 Å². The highest BCUT2D eigenvalue weighted by atomic mass is 35.5. The average molecular weight is 459 g/mol. The summed E-state index contributed by atoms with van der Waals surface area (Å²) in [5.74, 6) is -1.02. The second kappa shape index (κ2) is 9.34. The van der Waals surface area contributed by atoms with E-state index in [0.717, 1.165) is 6.07 Å². The Morgan fingerprint density at radius 3 is 2.52 bits per heavy atom. The molecule has 0 fully saturated rings. The number of carbonyl (C=O) groups is 1. The smallest absolute Gasteiger partial charge is 0.417 e. The summed E-state index contributed by atoms with van der Waals surface area (Å²) < 4.78 is 49.5. The number of pyridine rings is 1. The number of benzene rings is 1. The number of aromatic nitrogens is 1. The van der Waals surface area contributed by atoms with Gasteiger partial charge in [-0.2, -0.15) is 13.2 Å². The summed E-state index contributed by atoms with van der Waals surface area (Å²) >= 11 is 6.10. The maximum absolute atomic E-state index is 13.0. The second-order valence-electron chi connectivity index (χ2n) is 6.44. The quantitative estimate of drug-likeness (QED) is 0.237. The Hall–Kier alpha value is -3.14. The van der Waals surface area contributed by atoms with Crippen molar-refractivity contribution < 1.29 is 32.4 Å². The maximum atomic E-state index is 13.0. The molecule has 2 rings (SSSR count). The van der Waals surface area contributed by atoms with Gasteiger partial charge < -0.3 is 9.47 Å². The zero-order valence-corrected chi connectivity index (χ0v) is 17.3. The summed E-state index contributed by atoms with van der Waals surface area (Å²) in [6, 6.07) is 4.27. The van der Waals surface area contributed by atoms with Crippen LogP contribution in [0.4, 0.5) is 18.9 Å². The summed E-state index contributed by atoms with van der Waals surface area (Å²) in [5, 5.41) is 10.9. The Bertz CT molecular complexity index is 1010. The molecular weight excluding hydrogens is 441 g/mol. The van der Waals surface area contributed by atoms with Crippen LogP contribution < -0.4 is 4.74 Å². The normalized spacial score (nSPS) is 13.2. The van der Waals surface area contributed by atoms with Crippen LogP contribution in [0.5, 0.6) is 5.75 Å². The number of nitro benzene ring substituents is 1. The lowest BCUT2D eigenvalue weighted by molar-refractivity contribution is -0.385. The molecule has 11 heteroatoms. The second-order valence-corrected chi connectivity index (χ2v) is 6.84. The third-order valence-electron chi connectivity index (χ3n) is 4.42. The monoisotopic (exact) mass is 458 g/mol. The van der Waals surface area contributed by atoms with E-state index in [1.54, 1.807) is 6.92 Å². The molecule has 1 aromatic carbocycles. The number of hydrogen-bond donors (Lipinski definition) is 0. The number of hydrogen-bond acceptors (Lipinski definition) is 6. The first-order chi connectivity index (χ1) is 14.5. The van der Waals surface area contributed by atoms with E-state index in [-0.39, 0.29) is 35.9 Å². The van der Waals surface area contributed by atoms with Crippen LogP contribution in [0.1, 0.15) is 30.7 Å². The predicted octanol–water partition coefficient (Wildman–Crippen LogP) is 5.10. The zero-order valence-electron chi connectivity index (χ0n) is 16.5. The molecule has 1 heterocycles. The van der Waals surface area contributed by atoms with Crippen molar-refractivity contribution in [3.63, 3.8) is 0 Å². The van der Waals surface area contributed by atoms with E-state index in [9.17, 15) is 28.1 Å². The minimum atomic E-state index is -4.69. The molecule has 1 atom stereocenters. The molecule has 0 aliphatic heterocycles. The molecule has 0 radical (unpaired) electrons. The topological polar surface area (TPSA) is 91.6 Å². The van der Waals surface area contributed by atoms with Gasteiger partial charge in [0.15, 0.2) is 5.75 Å². The fraction of sp³-hybridized carbons (Fsp3) is 0.300. The molecule has 0 saturated heterocycles. The summed E-state index contributed by atoms with van der Waals surface area (Å²) in [6.07, 6.45) is -2.76. The van der Waals surface area contributed by atoms with Gasteiger partial charge in [-0.3, -0.25) is 19.9 Å². The highest BCUT2D eigenvalue weighted by Gasteiger charge is 2.44. The third kappa shape index (κ3) is 4.96. The van der Waals surface area contributed by atoms with Crippen LogP contribution in [0.2, 0.25) is 5.02 Å². The largest absolute Gasteiger partial charge is 0.483 e. The molecule has 0 spiro atoms. The van der Waals surface area contributed by atoms with Crippen molar-refractivity contribution in [2.24, 2.45) is 0 Å². The van der Waals surface area contributed by atoms with E-state index in [2.05, 4.69) is 11.6 Å². The standard InChI is InChI=1S/C20H18ClF3N2O5/c1-4-8-31-16-10-12(6-7-15(16)26(28)29)19(3,18(27)30-5-2)17-14(21)9-13(11-25-17)20(22,23)24/h4,6-7,9-11H,1,5,8H2,2-3H3. The van der Waals surface area contributed by atoms with Gasteiger partial charge in [-0.1, -0.05) is 30.3 Å². The summed E-state index contributed by atoms with van der Waals surface area (Å²) in [6.45, 7) is 6.29. The summed E-state index contributed by atoms with van der Waals surface area (Å²) in [4.78, 5) is 27.3. The molecule has 0 amide bonds. The van der Waals surface area contributed by atoms with Gasteiger partial charge in [0.25, 0.3) is 0 Å². The molecular formula is C20H18ClF3N2O5. The van der Waals surface area contributed by atoms with Crippen molar-refractivity contribution in [1.82, 2.24) is 4.98 Å². The molecule has 1 aromatic heterocycles. The van der Waals surface area contributed by atoms with Crippen LogP contribution in [-0.2, 0) is 21.1 Å². The number of rotatable bonds is 8. The fourth-order valence-corrected chi connectivity index (χ4v) is 3.18. The number of alkyl halides is 3. The highest BCUT2D eigenvalue weighted by molar-refractivity contribution is 6.31. The average Bonchev–Trinajstić information content (AvgIpc) is 2.70. The molecule has 2 aromatic rings. The molecule has 166 valence electrons. The first-order valence-corrected chi connectivity index (χ1v) is 9.27. The predicted molar refractivity (Wildman–Crippen MR) is 106 cm³/mol. The van der Waals surface area contributed by atoms with E-state index in [0.29, 0.717) is 12.3 Å². The maximum Gasteiger partial charge on any atom is 0.417 e. The van der Waals surface area contributed by atoms with Crippen LogP contribution in [0, 0.1) is 10.1 Å². The number of halogens is 4. The summed E-state index contributed by atoms with van der Waals surface area (Å²) in [7, 11) is 0. The van der Waals surface area contributed by atoms with Gasteiger partial charge >= 0.3 is 17.8 Å². The molecule has 0 aliphatic rings. The molecule has 1 unspecified atom stereocenters. The van der Waals surface area contributed by atoms with Gasteiger partial charge in [0.05, 0.1) is 27.8 Å². The fourth-order valence-electron chi connectivity index (χ4n) is 2.83. The van der Waals surface area contributed by atoms with E-state index in [1.165, 1.54) is 25.1 Å². The Balaban J connectivity index is 2.73. The molecule has 0 N–H and O–H groups in total. The van der Waals surface area contributed by atoms with Crippen LogP contribution in [0.15, 0.2) is 43.1 Å². The van der Waals surface area contributed by atoms with Gasteiger partial charge in [-0.15, -0.1) is 0 Å². The molecule has 0 aliphatic carbocycles. The SMILES string of the molecule is C=CCOc1cc(C(C)(C(=O)OCC)c2ncc(C(F)(F)F)cc2Cl)ccc1[N+](=O)[O-]. The lowest BCUT2D eigenvalue weighted by Crippen LogP contribution is -2.37. The van der Waals surface area contributed by atoms with Crippen LogP contribution in [-0.4, -0.2) is 29.1 Å². The number of esters is 1. The molecule has 31 heavy (non-hydrogen) atoms. The first-order valence-electron chi connectivity index (χ1n) is 8.89. The van der Waals surface area contributed by atoms with Crippen molar-refractivity contribution in [2.75, 3.05) is 13.2 Å². The Morgan fingerprint density at radius 2 is 2.00 bits per heavy atom. The number of nitro groups is 1. The van der Waals surface area contributed by atoms with Gasteiger partial charge in [-0.05, 0) is 31.5 Å². The lowest BCUT2D eigenvalue weighted by Gasteiger charge is -2.28. The van der Waals surface area contributed by atoms with E-state index < -0.39 is 33.1 Å². The van der Waals surface area contributed by atoms with Crippen molar-refractivity contribution >= 4 is 23.3 Å². The van der Waals surface area contributed by atoms with E-state index in [1.807, 2.05) is 0 Å². The zero-order chi connectivity index (χ0) is 23.4. The minimum absolute atomic E-state index is 0.0283. The van der Waals surface area contributed by atoms with Crippen LogP contribution in [0.3, 0.4) is 0 Å². The van der Waals surface area contributed by atoms with E-state index >= 15 is 0 Å². The van der Waals surface area contributed by atoms with Gasteiger partial charge in [0.2, 0.25) is 0 Å².